The van der Waals surface area contributed by atoms with Crippen LogP contribution in [0.1, 0.15) is 30.9 Å². The summed E-state index contributed by atoms with van der Waals surface area (Å²) in [7, 11) is -2.59. The number of para-hydroxylation sites is 2. The van der Waals surface area contributed by atoms with Gasteiger partial charge in [0.05, 0.1) is 23.4 Å². The van der Waals surface area contributed by atoms with E-state index in [4.69, 9.17) is 9.47 Å². The van der Waals surface area contributed by atoms with Crippen molar-refractivity contribution in [3.05, 3.63) is 71.8 Å². The molecule has 1 amide bonds. The van der Waals surface area contributed by atoms with Crippen molar-refractivity contribution in [1.82, 2.24) is 0 Å². The van der Waals surface area contributed by atoms with Crippen molar-refractivity contribution in [2.24, 2.45) is 0 Å². The zero-order valence-corrected chi connectivity index (χ0v) is 20.3. The molecule has 0 fully saturated rings. The van der Waals surface area contributed by atoms with Gasteiger partial charge in [-0.15, -0.1) is 0 Å². The van der Waals surface area contributed by atoms with Crippen LogP contribution < -0.4 is 19.5 Å². The SMILES string of the molecule is COc1ccccc1NS(=O)(=O)c1ccc(O)c(NC(=O)COc2cc(C)ccc2C(C)C)c1. The van der Waals surface area contributed by atoms with E-state index in [9.17, 15) is 18.3 Å². The molecule has 0 aromatic heterocycles. The summed E-state index contributed by atoms with van der Waals surface area (Å²) < 4.78 is 39.1. The number of rotatable bonds is 9. The molecule has 0 heterocycles. The van der Waals surface area contributed by atoms with Crippen LogP contribution in [0, 0.1) is 6.92 Å². The van der Waals surface area contributed by atoms with E-state index in [2.05, 4.69) is 10.0 Å². The summed E-state index contributed by atoms with van der Waals surface area (Å²) in [6, 6.07) is 16.0. The zero-order chi connectivity index (χ0) is 24.9. The van der Waals surface area contributed by atoms with Crippen LogP contribution in [-0.4, -0.2) is 33.1 Å². The number of hydrogen-bond donors (Lipinski definition) is 3. The van der Waals surface area contributed by atoms with Gasteiger partial charge in [0.1, 0.15) is 17.2 Å². The predicted octanol–water partition coefficient (Wildman–Crippen LogP) is 4.65. The van der Waals surface area contributed by atoms with E-state index in [0.29, 0.717) is 11.5 Å². The molecule has 0 radical (unpaired) electrons. The highest BCUT2D eigenvalue weighted by Gasteiger charge is 2.19. The van der Waals surface area contributed by atoms with Crippen molar-refractivity contribution >= 4 is 27.3 Å². The Bertz CT molecular complexity index is 1290. The lowest BCUT2D eigenvalue weighted by Gasteiger charge is -2.15. The monoisotopic (exact) mass is 484 g/mol. The zero-order valence-electron chi connectivity index (χ0n) is 19.5. The summed E-state index contributed by atoms with van der Waals surface area (Å²) in [5.74, 6) is 0.348. The number of phenols is 1. The number of benzene rings is 3. The molecular formula is C25H28N2O6S. The third-order valence-electron chi connectivity index (χ3n) is 5.05. The highest BCUT2D eigenvalue weighted by Crippen LogP contribution is 2.31. The molecule has 0 saturated heterocycles. The number of phenolic OH excluding ortho intramolecular Hbond substituents is 1. The molecule has 3 aromatic carbocycles. The van der Waals surface area contributed by atoms with Gasteiger partial charge in [-0.25, -0.2) is 8.42 Å². The minimum Gasteiger partial charge on any atom is -0.506 e. The van der Waals surface area contributed by atoms with Crippen molar-refractivity contribution in [2.75, 3.05) is 23.8 Å². The second-order valence-electron chi connectivity index (χ2n) is 8.02. The molecule has 8 nitrogen and oxygen atoms in total. The molecule has 0 unspecified atom stereocenters. The Morgan fingerprint density at radius 3 is 2.44 bits per heavy atom. The normalized spacial score (nSPS) is 11.2. The Labute approximate surface area is 199 Å². The number of nitrogens with one attached hydrogen (secondary N) is 2. The predicted molar refractivity (Wildman–Crippen MR) is 131 cm³/mol. The number of anilines is 2. The van der Waals surface area contributed by atoms with Crippen molar-refractivity contribution in [3.8, 4) is 17.2 Å². The summed E-state index contributed by atoms with van der Waals surface area (Å²) in [6.07, 6.45) is 0. The molecule has 0 spiro atoms. The Morgan fingerprint density at radius 1 is 1.00 bits per heavy atom. The first kappa shape index (κ1) is 24.9. The van der Waals surface area contributed by atoms with E-state index in [0.717, 1.165) is 11.1 Å². The number of carbonyl (C=O) groups is 1. The topological polar surface area (TPSA) is 114 Å². The second kappa shape index (κ2) is 10.5. The molecule has 0 saturated carbocycles. The molecular weight excluding hydrogens is 456 g/mol. The third kappa shape index (κ3) is 5.99. The van der Waals surface area contributed by atoms with Crippen LogP contribution in [0.2, 0.25) is 0 Å². The van der Waals surface area contributed by atoms with Crippen LogP contribution in [-0.2, 0) is 14.8 Å². The maximum absolute atomic E-state index is 12.9. The number of sulfonamides is 1. The van der Waals surface area contributed by atoms with Crippen LogP contribution >= 0.6 is 0 Å². The molecule has 34 heavy (non-hydrogen) atoms. The smallest absolute Gasteiger partial charge is 0.262 e. The minimum atomic E-state index is -4.02. The maximum Gasteiger partial charge on any atom is 0.262 e. The summed E-state index contributed by atoms with van der Waals surface area (Å²) in [5.41, 5.74) is 2.18. The fraction of sp³-hybridized carbons (Fsp3) is 0.240. The largest absolute Gasteiger partial charge is 0.506 e. The lowest BCUT2D eigenvalue weighted by atomic mass is 10.0. The van der Waals surface area contributed by atoms with E-state index in [1.807, 2.05) is 39.0 Å². The van der Waals surface area contributed by atoms with Gasteiger partial charge in [0.15, 0.2) is 6.61 Å². The quantitative estimate of drug-likeness (QED) is 0.381. The van der Waals surface area contributed by atoms with Crippen molar-refractivity contribution in [1.29, 1.82) is 0 Å². The van der Waals surface area contributed by atoms with Gasteiger partial charge in [0.2, 0.25) is 0 Å². The summed E-state index contributed by atoms with van der Waals surface area (Å²) in [5, 5.41) is 12.7. The summed E-state index contributed by atoms with van der Waals surface area (Å²) in [6.45, 7) is 5.68. The average molecular weight is 485 g/mol. The molecule has 3 N–H and O–H groups in total. The second-order valence-corrected chi connectivity index (χ2v) is 9.70. The first-order chi connectivity index (χ1) is 16.1. The molecule has 9 heteroatoms. The van der Waals surface area contributed by atoms with Gasteiger partial charge >= 0.3 is 0 Å². The highest BCUT2D eigenvalue weighted by molar-refractivity contribution is 7.92. The van der Waals surface area contributed by atoms with Gasteiger partial charge in [0.25, 0.3) is 15.9 Å². The Morgan fingerprint density at radius 2 is 1.74 bits per heavy atom. The number of carbonyl (C=O) groups excluding carboxylic acids is 1. The van der Waals surface area contributed by atoms with Gasteiger partial charge in [0, 0.05) is 0 Å². The fourth-order valence-corrected chi connectivity index (χ4v) is 4.38. The molecule has 3 aromatic rings. The van der Waals surface area contributed by atoms with Crippen molar-refractivity contribution in [2.45, 2.75) is 31.6 Å². The van der Waals surface area contributed by atoms with E-state index >= 15 is 0 Å². The van der Waals surface area contributed by atoms with Gasteiger partial charge in [-0.1, -0.05) is 38.1 Å². The average Bonchev–Trinajstić information content (AvgIpc) is 2.79. The standard InChI is InChI=1S/C25H28N2O6S/c1-16(2)19-11-9-17(3)13-24(19)33-15-25(29)26-21-14-18(10-12-22(21)28)34(30,31)27-20-7-5-6-8-23(20)32-4/h5-14,16,27-28H,15H2,1-4H3,(H,26,29). The summed E-state index contributed by atoms with van der Waals surface area (Å²) >= 11 is 0. The van der Waals surface area contributed by atoms with E-state index in [1.54, 1.807) is 24.3 Å². The van der Waals surface area contributed by atoms with Crippen LogP contribution in [0.15, 0.2) is 65.6 Å². The fourth-order valence-electron chi connectivity index (χ4n) is 3.29. The Balaban J connectivity index is 1.75. The number of aryl methyl sites for hydroxylation is 1. The number of hydrogen-bond acceptors (Lipinski definition) is 6. The molecule has 3 rings (SSSR count). The van der Waals surface area contributed by atoms with Crippen molar-refractivity contribution in [3.63, 3.8) is 0 Å². The molecule has 0 bridgehead atoms. The van der Waals surface area contributed by atoms with E-state index < -0.39 is 15.9 Å². The number of methoxy groups -OCH3 is 1. The van der Waals surface area contributed by atoms with Crippen molar-refractivity contribution < 1.29 is 27.8 Å². The molecule has 0 aliphatic heterocycles. The lowest BCUT2D eigenvalue weighted by molar-refractivity contribution is -0.118. The number of amides is 1. The molecule has 180 valence electrons. The number of ether oxygens (including phenoxy) is 2. The molecule has 0 aliphatic rings. The first-order valence-electron chi connectivity index (χ1n) is 10.6. The van der Waals surface area contributed by atoms with Crippen LogP contribution in [0.4, 0.5) is 11.4 Å². The van der Waals surface area contributed by atoms with Crippen LogP contribution in [0.3, 0.4) is 0 Å². The molecule has 0 aliphatic carbocycles. The third-order valence-corrected chi connectivity index (χ3v) is 6.42. The van der Waals surface area contributed by atoms with Gasteiger partial charge in [-0.05, 0) is 60.4 Å². The van der Waals surface area contributed by atoms with Gasteiger partial charge < -0.3 is 19.9 Å². The minimum absolute atomic E-state index is 0.0511. The number of aromatic hydroxyl groups is 1. The highest BCUT2D eigenvalue weighted by atomic mass is 32.2. The van der Waals surface area contributed by atoms with Crippen LogP contribution in [0.25, 0.3) is 0 Å². The maximum atomic E-state index is 12.9. The van der Waals surface area contributed by atoms with Crippen LogP contribution in [0.5, 0.6) is 17.2 Å². The lowest BCUT2D eigenvalue weighted by Crippen LogP contribution is -2.21. The van der Waals surface area contributed by atoms with Gasteiger partial charge in [-0.3, -0.25) is 9.52 Å². The van der Waals surface area contributed by atoms with Gasteiger partial charge in [-0.2, -0.15) is 0 Å². The first-order valence-corrected chi connectivity index (χ1v) is 12.1. The van der Waals surface area contributed by atoms with E-state index in [-0.39, 0.29) is 34.5 Å². The Hall–Kier alpha value is -3.72. The Kier molecular flexibility index (Phi) is 7.68. The molecule has 0 atom stereocenters. The summed E-state index contributed by atoms with van der Waals surface area (Å²) in [4.78, 5) is 12.4. The van der Waals surface area contributed by atoms with E-state index in [1.165, 1.54) is 25.3 Å².